The Morgan fingerprint density at radius 1 is 1.30 bits per heavy atom. The molecule has 0 amide bonds. The van der Waals surface area contributed by atoms with Crippen LogP contribution in [0.4, 0.5) is 0 Å². The van der Waals surface area contributed by atoms with E-state index in [0.29, 0.717) is 12.0 Å². The monoisotopic (exact) mass is 277 g/mol. The van der Waals surface area contributed by atoms with Crippen molar-refractivity contribution in [2.45, 2.75) is 39.2 Å². The molecule has 0 spiro atoms. The highest BCUT2D eigenvalue weighted by Gasteiger charge is 2.28. The molecule has 0 aromatic heterocycles. The van der Waals surface area contributed by atoms with Crippen molar-refractivity contribution in [3.8, 4) is 5.75 Å². The number of para-hydroxylation sites is 1. The van der Waals surface area contributed by atoms with Crippen LogP contribution in [-0.4, -0.2) is 26.4 Å². The first-order valence-electron chi connectivity index (χ1n) is 7.89. The topological polar surface area (TPSA) is 30.5 Å². The van der Waals surface area contributed by atoms with Gasteiger partial charge in [-0.05, 0) is 31.9 Å². The second-order valence-corrected chi connectivity index (χ2v) is 5.44. The summed E-state index contributed by atoms with van der Waals surface area (Å²) in [4.78, 5) is 0. The Bertz CT molecular complexity index is 388. The van der Waals surface area contributed by atoms with Crippen molar-refractivity contribution in [1.82, 2.24) is 5.32 Å². The number of rotatable bonds is 8. The molecule has 0 saturated carbocycles. The lowest BCUT2D eigenvalue weighted by Crippen LogP contribution is -2.29. The Labute approximate surface area is 122 Å². The van der Waals surface area contributed by atoms with Crippen molar-refractivity contribution in [2.24, 2.45) is 5.92 Å². The maximum Gasteiger partial charge on any atom is 0.124 e. The van der Waals surface area contributed by atoms with Gasteiger partial charge in [0, 0.05) is 24.1 Å². The van der Waals surface area contributed by atoms with E-state index in [1.54, 1.807) is 0 Å². The van der Waals surface area contributed by atoms with Gasteiger partial charge in [-0.15, -0.1) is 0 Å². The molecule has 112 valence electrons. The summed E-state index contributed by atoms with van der Waals surface area (Å²) >= 11 is 0. The Morgan fingerprint density at radius 3 is 2.85 bits per heavy atom. The van der Waals surface area contributed by atoms with Gasteiger partial charge in [-0.3, -0.25) is 0 Å². The zero-order valence-electron chi connectivity index (χ0n) is 12.7. The van der Waals surface area contributed by atoms with Gasteiger partial charge in [0.1, 0.15) is 5.75 Å². The molecular weight excluding hydrogens is 250 g/mol. The van der Waals surface area contributed by atoms with E-state index in [1.807, 2.05) is 0 Å². The molecule has 1 aliphatic heterocycles. The van der Waals surface area contributed by atoms with Gasteiger partial charge in [0.15, 0.2) is 0 Å². The lowest BCUT2D eigenvalue weighted by Gasteiger charge is -2.26. The predicted molar refractivity (Wildman–Crippen MR) is 82.2 cm³/mol. The summed E-state index contributed by atoms with van der Waals surface area (Å²) in [5, 5.41) is 3.68. The van der Waals surface area contributed by atoms with Crippen LogP contribution in [0, 0.1) is 5.92 Å². The Kier molecular flexibility index (Phi) is 6.34. The molecule has 1 saturated heterocycles. The Balaban J connectivity index is 2.17. The zero-order valence-corrected chi connectivity index (χ0v) is 12.7. The first-order valence-corrected chi connectivity index (χ1v) is 7.89. The van der Waals surface area contributed by atoms with Crippen LogP contribution in [0.1, 0.15) is 44.7 Å². The first kappa shape index (κ1) is 15.3. The third-order valence-electron chi connectivity index (χ3n) is 3.77. The molecule has 1 aromatic carbocycles. The Hall–Kier alpha value is -1.06. The van der Waals surface area contributed by atoms with Gasteiger partial charge in [-0.2, -0.15) is 0 Å². The van der Waals surface area contributed by atoms with Crippen molar-refractivity contribution < 1.29 is 9.47 Å². The molecule has 1 N–H and O–H groups in total. The van der Waals surface area contributed by atoms with E-state index < -0.39 is 0 Å². The maximum atomic E-state index is 5.93. The zero-order chi connectivity index (χ0) is 14.2. The fraction of sp³-hybridized carbons (Fsp3) is 0.647. The van der Waals surface area contributed by atoms with E-state index in [1.165, 1.54) is 5.56 Å². The van der Waals surface area contributed by atoms with Gasteiger partial charge < -0.3 is 14.8 Å². The number of benzene rings is 1. The minimum Gasteiger partial charge on any atom is -0.493 e. The van der Waals surface area contributed by atoms with E-state index in [-0.39, 0.29) is 0 Å². The molecule has 2 atom stereocenters. The minimum absolute atomic E-state index is 0.338. The van der Waals surface area contributed by atoms with E-state index in [2.05, 4.69) is 43.4 Å². The van der Waals surface area contributed by atoms with Crippen molar-refractivity contribution in [3.63, 3.8) is 0 Å². The third-order valence-corrected chi connectivity index (χ3v) is 3.77. The van der Waals surface area contributed by atoms with Crippen molar-refractivity contribution >= 4 is 0 Å². The van der Waals surface area contributed by atoms with Gasteiger partial charge in [0.25, 0.3) is 0 Å². The summed E-state index contributed by atoms with van der Waals surface area (Å²) in [6, 6.07) is 8.77. The van der Waals surface area contributed by atoms with Gasteiger partial charge >= 0.3 is 0 Å². The summed E-state index contributed by atoms with van der Waals surface area (Å²) < 4.78 is 11.5. The lowest BCUT2D eigenvalue weighted by atomic mass is 9.91. The summed E-state index contributed by atoms with van der Waals surface area (Å²) in [5.41, 5.74) is 1.28. The Morgan fingerprint density at radius 2 is 2.15 bits per heavy atom. The quantitative estimate of drug-likeness (QED) is 0.788. The van der Waals surface area contributed by atoms with Gasteiger partial charge in [-0.1, -0.05) is 32.0 Å². The largest absolute Gasteiger partial charge is 0.493 e. The standard InChI is InChI=1S/C17H27NO2/c1-3-10-18-17(14-9-12-19-13-14)15-7-5-6-8-16(15)20-11-4-2/h5-8,14,17-18H,3-4,9-13H2,1-2H3. The number of nitrogens with one attached hydrogen (secondary N) is 1. The predicted octanol–water partition coefficient (Wildman–Crippen LogP) is 3.55. The number of ether oxygens (including phenoxy) is 2. The van der Waals surface area contributed by atoms with E-state index in [4.69, 9.17) is 9.47 Å². The van der Waals surface area contributed by atoms with Crippen LogP contribution in [0.2, 0.25) is 0 Å². The summed E-state index contributed by atoms with van der Waals surface area (Å²) in [6.07, 6.45) is 3.31. The smallest absolute Gasteiger partial charge is 0.124 e. The molecule has 20 heavy (non-hydrogen) atoms. The van der Waals surface area contributed by atoms with Gasteiger partial charge in [-0.25, -0.2) is 0 Å². The van der Waals surface area contributed by atoms with Gasteiger partial charge in [0.2, 0.25) is 0 Å². The molecule has 2 unspecified atom stereocenters. The first-order chi connectivity index (χ1) is 9.86. The summed E-state index contributed by atoms with van der Waals surface area (Å²) in [5.74, 6) is 1.57. The average molecular weight is 277 g/mol. The molecule has 2 rings (SSSR count). The van der Waals surface area contributed by atoms with Gasteiger partial charge in [0.05, 0.1) is 13.2 Å². The van der Waals surface area contributed by atoms with Crippen LogP contribution in [0.3, 0.4) is 0 Å². The maximum absolute atomic E-state index is 5.93. The van der Waals surface area contributed by atoms with E-state index in [9.17, 15) is 0 Å². The lowest BCUT2D eigenvalue weighted by molar-refractivity contribution is 0.176. The highest BCUT2D eigenvalue weighted by molar-refractivity contribution is 5.36. The normalized spacial score (nSPS) is 20.0. The van der Waals surface area contributed by atoms with Crippen LogP contribution < -0.4 is 10.1 Å². The van der Waals surface area contributed by atoms with Crippen molar-refractivity contribution in [2.75, 3.05) is 26.4 Å². The summed E-state index contributed by atoms with van der Waals surface area (Å²) in [6.45, 7) is 7.88. The SMILES string of the molecule is CCCNC(c1ccccc1OCCC)C1CCOC1. The average Bonchev–Trinajstić information content (AvgIpc) is 3.01. The minimum atomic E-state index is 0.338. The summed E-state index contributed by atoms with van der Waals surface area (Å²) in [7, 11) is 0. The molecule has 1 aromatic rings. The molecule has 0 aliphatic carbocycles. The fourth-order valence-corrected chi connectivity index (χ4v) is 2.73. The second-order valence-electron chi connectivity index (χ2n) is 5.44. The molecular formula is C17H27NO2. The molecule has 1 fully saturated rings. The molecule has 1 aliphatic rings. The van der Waals surface area contributed by atoms with Crippen LogP contribution in [0.25, 0.3) is 0 Å². The number of hydrogen-bond donors (Lipinski definition) is 1. The van der Waals surface area contributed by atoms with Crippen molar-refractivity contribution in [1.29, 1.82) is 0 Å². The van der Waals surface area contributed by atoms with Crippen molar-refractivity contribution in [3.05, 3.63) is 29.8 Å². The van der Waals surface area contributed by atoms with E-state index in [0.717, 1.165) is 51.4 Å². The third kappa shape index (κ3) is 3.97. The molecule has 0 bridgehead atoms. The highest BCUT2D eigenvalue weighted by atomic mass is 16.5. The van der Waals surface area contributed by atoms with Crippen LogP contribution >= 0.6 is 0 Å². The highest BCUT2D eigenvalue weighted by Crippen LogP contribution is 2.34. The molecule has 3 heteroatoms. The molecule has 0 radical (unpaired) electrons. The van der Waals surface area contributed by atoms with Crippen LogP contribution in [-0.2, 0) is 4.74 Å². The molecule has 3 nitrogen and oxygen atoms in total. The van der Waals surface area contributed by atoms with E-state index >= 15 is 0 Å². The second kappa shape index (κ2) is 8.28. The fourth-order valence-electron chi connectivity index (χ4n) is 2.73. The van der Waals surface area contributed by atoms with Crippen LogP contribution in [0.5, 0.6) is 5.75 Å². The number of hydrogen-bond acceptors (Lipinski definition) is 3. The molecule has 1 heterocycles. The van der Waals surface area contributed by atoms with Crippen LogP contribution in [0.15, 0.2) is 24.3 Å².